The van der Waals surface area contributed by atoms with Crippen LogP contribution in [0.5, 0.6) is 23.0 Å². The number of methoxy groups -OCH3 is 4. The number of ether oxygens (including phenoxy) is 4. The summed E-state index contributed by atoms with van der Waals surface area (Å²) in [7, 11) is -2.00. The second kappa shape index (κ2) is 10.6. The van der Waals surface area contributed by atoms with Gasteiger partial charge in [-0.15, -0.1) is 0 Å². The Bertz CT molecular complexity index is 1560. The number of benzene rings is 2. The summed E-state index contributed by atoms with van der Waals surface area (Å²) in [4.78, 5) is 14.8. The first kappa shape index (κ1) is 12.2. The molecule has 1 aliphatic heterocycles. The van der Waals surface area contributed by atoms with Crippen LogP contribution in [0.3, 0.4) is 0 Å². The molecular formula is C27H36N2O5. The molecule has 0 radical (unpaired) electrons. The Morgan fingerprint density at radius 3 is 2.38 bits per heavy atom. The lowest BCUT2D eigenvalue weighted by Gasteiger charge is -2.34. The summed E-state index contributed by atoms with van der Waals surface area (Å²) in [6.45, 7) is -8.57. The topological polar surface area (TPSA) is 60.5 Å². The van der Waals surface area contributed by atoms with Crippen molar-refractivity contribution in [3.63, 3.8) is 0 Å². The molecule has 0 saturated heterocycles. The molecule has 1 atom stereocenters. The molecule has 1 aliphatic carbocycles. The van der Waals surface area contributed by atoms with Gasteiger partial charge >= 0.3 is 0 Å². The zero-order valence-electron chi connectivity index (χ0n) is 33.2. The van der Waals surface area contributed by atoms with Crippen molar-refractivity contribution < 1.29 is 42.9 Å². The summed E-state index contributed by atoms with van der Waals surface area (Å²) < 4.78 is 135. The molecule has 1 unspecified atom stereocenters. The first-order chi connectivity index (χ1) is 21.8. The van der Waals surface area contributed by atoms with Crippen LogP contribution in [0.1, 0.15) is 53.8 Å². The molecule has 34 heavy (non-hydrogen) atoms. The van der Waals surface area contributed by atoms with Crippen molar-refractivity contribution in [1.29, 1.82) is 0 Å². The molecule has 4 rings (SSSR count). The number of rotatable bonds is 10. The van der Waals surface area contributed by atoms with Crippen molar-refractivity contribution in [3.05, 3.63) is 46.5 Å². The van der Waals surface area contributed by atoms with Gasteiger partial charge in [-0.1, -0.05) is 0 Å². The smallest absolute Gasteiger partial charge is 0.227 e. The van der Waals surface area contributed by atoms with Gasteiger partial charge in [-0.05, 0) is 79.3 Å². The molecular weight excluding hydrogens is 432 g/mol. The van der Waals surface area contributed by atoms with Crippen molar-refractivity contribution in [2.45, 2.75) is 31.6 Å². The van der Waals surface area contributed by atoms with E-state index in [0.29, 0.717) is 16.0 Å². The van der Waals surface area contributed by atoms with E-state index < -0.39 is 71.2 Å². The molecule has 2 aliphatic rings. The summed E-state index contributed by atoms with van der Waals surface area (Å²) in [6, 6.07) is 5.07. The number of carbonyl (C=O) groups is 1. The lowest BCUT2D eigenvalue weighted by molar-refractivity contribution is -0.130. The Morgan fingerprint density at radius 2 is 1.68 bits per heavy atom. The second-order valence-electron chi connectivity index (χ2n) is 7.88. The van der Waals surface area contributed by atoms with Gasteiger partial charge in [0, 0.05) is 36.4 Å². The van der Waals surface area contributed by atoms with E-state index in [0.717, 1.165) is 17.0 Å². The number of amides is 1. The summed E-state index contributed by atoms with van der Waals surface area (Å²) in [5.74, 6) is -2.33. The van der Waals surface area contributed by atoms with Crippen LogP contribution in [0.2, 0.25) is 0 Å². The Labute approximate surface area is 222 Å². The van der Waals surface area contributed by atoms with Crippen LogP contribution in [0.15, 0.2) is 24.3 Å². The van der Waals surface area contributed by atoms with Crippen molar-refractivity contribution in [1.82, 2.24) is 9.80 Å². The molecule has 2 aromatic carbocycles. The average molecular weight is 483 g/mol. The highest BCUT2D eigenvalue weighted by Gasteiger charge is 2.29. The van der Waals surface area contributed by atoms with Gasteiger partial charge in [-0.25, -0.2) is 0 Å². The van der Waals surface area contributed by atoms with E-state index in [1.807, 2.05) is 0 Å². The summed E-state index contributed by atoms with van der Waals surface area (Å²) >= 11 is 0. The fraction of sp³-hybridized carbons (Fsp3) is 0.519. The van der Waals surface area contributed by atoms with E-state index in [-0.39, 0.29) is 40.5 Å². The highest BCUT2D eigenvalue weighted by Crippen LogP contribution is 2.42. The van der Waals surface area contributed by atoms with E-state index in [2.05, 4.69) is 0 Å². The van der Waals surface area contributed by atoms with Gasteiger partial charge in [0.2, 0.25) is 5.91 Å². The fourth-order valence-corrected chi connectivity index (χ4v) is 4.01. The zero-order valence-corrected chi connectivity index (χ0v) is 19.2. The summed E-state index contributed by atoms with van der Waals surface area (Å²) in [5, 5.41) is 0. The van der Waals surface area contributed by atoms with Crippen LogP contribution < -0.4 is 18.9 Å². The van der Waals surface area contributed by atoms with Crippen LogP contribution in [0.25, 0.3) is 0 Å². The van der Waals surface area contributed by atoms with Crippen molar-refractivity contribution >= 4 is 5.91 Å². The molecule has 2 aromatic rings. The largest absolute Gasteiger partial charge is 0.493 e. The monoisotopic (exact) mass is 482 g/mol. The minimum Gasteiger partial charge on any atom is -0.493 e. The number of hydrogen-bond acceptors (Lipinski definition) is 6. The maximum absolute atomic E-state index is 13.5. The number of likely N-dealkylation sites (N-methyl/N-ethyl adjacent to an activating group) is 1. The van der Waals surface area contributed by atoms with Crippen LogP contribution in [0, 0.1) is 0 Å². The third-order valence-electron chi connectivity index (χ3n) is 5.84. The number of carbonyl (C=O) groups excluding carboxylic acids is 1. The van der Waals surface area contributed by atoms with E-state index in [9.17, 15) is 4.79 Å². The van der Waals surface area contributed by atoms with E-state index >= 15 is 0 Å². The minimum absolute atomic E-state index is 0.0463. The van der Waals surface area contributed by atoms with Gasteiger partial charge in [0.1, 0.15) is 0 Å². The number of aryl methyl sites for hydroxylation is 1. The van der Waals surface area contributed by atoms with Gasteiger partial charge in [-0.3, -0.25) is 4.79 Å². The SMILES string of the molecule is [2H]C([2H])([2H])Oc1cc2c(cc1OC)C([2H])([2H])C([2H])([2H])N(CCC([2H])([2H])N(C)C([2H])([2H])C1Cc3cc(OC)c(OC([2H])([2H])[2H])cc31)C(=O)C2. The van der Waals surface area contributed by atoms with Crippen LogP contribution in [-0.4, -0.2) is 77.1 Å². The third kappa shape index (κ3) is 4.94. The highest BCUT2D eigenvalue weighted by atomic mass is 16.5. The zero-order chi connectivity index (χ0) is 36.4. The molecule has 7 heteroatoms. The minimum atomic E-state index is -3.04. The Balaban J connectivity index is 1.59. The molecule has 0 bridgehead atoms. The first-order valence-electron chi connectivity index (χ1n) is 17.6. The molecule has 0 N–H and O–H groups in total. The van der Waals surface area contributed by atoms with Crippen LogP contribution >= 0.6 is 0 Å². The van der Waals surface area contributed by atoms with E-state index in [1.54, 1.807) is 0 Å². The third-order valence-corrected chi connectivity index (χ3v) is 5.84. The first-order valence-corrected chi connectivity index (χ1v) is 10.6. The van der Waals surface area contributed by atoms with Crippen LogP contribution in [0.4, 0.5) is 0 Å². The van der Waals surface area contributed by atoms with Crippen molar-refractivity contribution in [3.8, 4) is 23.0 Å². The molecule has 184 valence electrons. The normalized spacial score (nSPS) is 27.6. The predicted molar refractivity (Wildman–Crippen MR) is 132 cm³/mol. The summed E-state index contributed by atoms with van der Waals surface area (Å²) in [6.07, 6.45) is -3.93. The van der Waals surface area contributed by atoms with Gasteiger partial charge in [-0.2, -0.15) is 0 Å². The Morgan fingerprint density at radius 1 is 1.03 bits per heavy atom. The van der Waals surface area contributed by atoms with Gasteiger partial charge in [0.05, 0.1) is 42.9 Å². The van der Waals surface area contributed by atoms with Gasteiger partial charge in [0.15, 0.2) is 23.0 Å². The molecule has 1 amide bonds. The fourth-order valence-electron chi connectivity index (χ4n) is 4.01. The number of hydrogen-bond donors (Lipinski definition) is 0. The van der Waals surface area contributed by atoms with E-state index in [4.69, 9.17) is 38.1 Å². The lowest BCUT2D eigenvalue weighted by Crippen LogP contribution is -2.36. The Kier molecular flexibility index (Phi) is 3.77. The molecule has 0 saturated carbocycles. The quantitative estimate of drug-likeness (QED) is 0.518. The standard InChI is InChI=1S/C27H36N2O5/c1-28(17-21-11-20-14-25(33-4)26(34-5)16-22(20)21)8-6-9-29-10-7-18-12-23(31-2)24(32-3)13-19(18)15-27(29)30/h12-14,16,21H,6-11,15,17H2,1-5H3/i3D3,5D3,7D2,8D2,10D2,17D2. The highest BCUT2D eigenvalue weighted by molar-refractivity contribution is 5.80. The van der Waals surface area contributed by atoms with Gasteiger partial charge < -0.3 is 28.7 Å². The summed E-state index contributed by atoms with van der Waals surface area (Å²) in [5.41, 5.74) is 0.721. The average Bonchev–Trinajstić information content (AvgIpc) is 2.96. The Hall–Kier alpha value is -2.93. The maximum Gasteiger partial charge on any atom is 0.227 e. The molecule has 1 heterocycles. The second-order valence-corrected chi connectivity index (χ2v) is 7.88. The van der Waals surface area contributed by atoms with E-state index in [1.165, 1.54) is 33.4 Å². The molecule has 7 nitrogen and oxygen atoms in total. The van der Waals surface area contributed by atoms with Crippen LogP contribution in [-0.2, 0) is 24.0 Å². The lowest BCUT2D eigenvalue weighted by atomic mass is 9.77. The van der Waals surface area contributed by atoms with Gasteiger partial charge in [0.25, 0.3) is 0 Å². The maximum atomic E-state index is 13.5. The molecule has 0 aromatic heterocycles. The molecule has 0 fully saturated rings. The number of fused-ring (bicyclic) bond motifs is 2. The van der Waals surface area contributed by atoms with Crippen molar-refractivity contribution in [2.75, 3.05) is 61.4 Å². The number of nitrogens with zero attached hydrogens (tertiary/aromatic N) is 2. The predicted octanol–water partition coefficient (Wildman–Crippen LogP) is 3.31. The molecule has 0 spiro atoms. The van der Waals surface area contributed by atoms with Crippen molar-refractivity contribution in [2.24, 2.45) is 0 Å².